The van der Waals surface area contributed by atoms with Gasteiger partial charge in [-0.2, -0.15) is 5.26 Å². The number of nitrogens with zero attached hydrogens (tertiary/aromatic N) is 1. The lowest BCUT2D eigenvalue weighted by Gasteiger charge is -2.15. The molecular formula is C16H16ClNO5S. The molecule has 0 heterocycles. The maximum atomic E-state index is 12.6. The normalized spacial score (nSPS) is 16.8. The zero-order chi connectivity index (χ0) is 18.3. The van der Waals surface area contributed by atoms with Gasteiger partial charge < -0.3 is 4.74 Å². The van der Waals surface area contributed by atoms with E-state index in [1.165, 1.54) is 19.2 Å². The van der Waals surface area contributed by atoms with Crippen molar-refractivity contribution in [2.75, 3.05) is 13.4 Å². The molecule has 0 spiro atoms. The number of halogens is 1. The third-order valence-corrected chi connectivity index (χ3v) is 5.67. The third-order valence-electron chi connectivity index (χ3n) is 4.18. The molecule has 0 N–H and O–H groups in total. The lowest BCUT2D eigenvalue weighted by atomic mass is 9.87. The minimum absolute atomic E-state index is 0.106. The first-order chi connectivity index (χ1) is 11.1. The summed E-state index contributed by atoms with van der Waals surface area (Å²) in [6.45, 7) is 1.71. The van der Waals surface area contributed by atoms with Gasteiger partial charge in [-0.25, -0.2) is 8.42 Å². The number of nitriles is 1. The fourth-order valence-electron chi connectivity index (χ4n) is 2.39. The minimum atomic E-state index is -3.62. The van der Waals surface area contributed by atoms with E-state index in [1.807, 2.05) is 0 Å². The first-order valence-corrected chi connectivity index (χ1v) is 9.38. The van der Waals surface area contributed by atoms with Crippen LogP contribution in [-0.2, 0) is 14.6 Å². The molecule has 0 amide bonds. The molecule has 1 saturated carbocycles. The van der Waals surface area contributed by atoms with Gasteiger partial charge in [0, 0.05) is 17.2 Å². The van der Waals surface area contributed by atoms with E-state index in [0.29, 0.717) is 12.8 Å². The van der Waals surface area contributed by atoms with Crippen molar-refractivity contribution in [2.24, 2.45) is 11.3 Å². The van der Waals surface area contributed by atoms with Gasteiger partial charge in [-0.3, -0.25) is 9.59 Å². The minimum Gasteiger partial charge on any atom is -0.494 e. The monoisotopic (exact) mass is 369 g/mol. The predicted molar refractivity (Wildman–Crippen MR) is 86.9 cm³/mol. The van der Waals surface area contributed by atoms with Crippen LogP contribution in [0.1, 0.15) is 30.1 Å². The standard InChI is InChI=1S/C16H16ClNO5S/c1-16(6-7-16)15(20)10(8-18)13(19)9-4-5-11(24(3,21)22)14(23-2)12(9)17/h4-5,10H,6-7H2,1-3H3. The summed E-state index contributed by atoms with van der Waals surface area (Å²) < 4.78 is 28.5. The number of hydrogen-bond acceptors (Lipinski definition) is 6. The highest BCUT2D eigenvalue weighted by Gasteiger charge is 2.49. The highest BCUT2D eigenvalue weighted by Crippen LogP contribution is 2.48. The Bertz CT molecular complexity index is 865. The van der Waals surface area contributed by atoms with Crippen molar-refractivity contribution in [1.82, 2.24) is 0 Å². The van der Waals surface area contributed by atoms with Crippen molar-refractivity contribution >= 4 is 33.0 Å². The fourth-order valence-corrected chi connectivity index (χ4v) is 3.61. The summed E-state index contributed by atoms with van der Waals surface area (Å²) in [5.41, 5.74) is -0.746. The van der Waals surface area contributed by atoms with Crippen LogP contribution in [0.15, 0.2) is 17.0 Å². The average molecular weight is 370 g/mol. The Morgan fingerprint density at radius 2 is 1.96 bits per heavy atom. The van der Waals surface area contributed by atoms with Crippen molar-refractivity contribution < 1.29 is 22.7 Å². The molecule has 1 atom stereocenters. The van der Waals surface area contributed by atoms with E-state index in [1.54, 1.807) is 13.0 Å². The van der Waals surface area contributed by atoms with E-state index >= 15 is 0 Å². The molecule has 0 radical (unpaired) electrons. The highest BCUT2D eigenvalue weighted by atomic mass is 35.5. The van der Waals surface area contributed by atoms with Crippen LogP contribution in [0, 0.1) is 22.7 Å². The lowest BCUT2D eigenvalue weighted by molar-refractivity contribution is -0.124. The molecule has 0 aromatic heterocycles. The Morgan fingerprint density at radius 1 is 1.38 bits per heavy atom. The molecule has 0 bridgehead atoms. The number of carbonyl (C=O) groups is 2. The van der Waals surface area contributed by atoms with E-state index in [4.69, 9.17) is 16.3 Å². The third kappa shape index (κ3) is 3.17. The predicted octanol–water partition coefficient (Wildman–Crippen LogP) is 2.44. The van der Waals surface area contributed by atoms with Gasteiger partial charge in [-0.1, -0.05) is 18.5 Å². The molecule has 0 aliphatic heterocycles. The van der Waals surface area contributed by atoms with Crippen LogP contribution >= 0.6 is 11.6 Å². The molecule has 24 heavy (non-hydrogen) atoms. The van der Waals surface area contributed by atoms with E-state index in [9.17, 15) is 23.3 Å². The SMILES string of the molecule is COc1c(S(C)(=O)=O)ccc(C(=O)C(C#N)C(=O)C2(C)CC2)c1Cl. The molecule has 1 fully saturated rings. The lowest BCUT2D eigenvalue weighted by Crippen LogP contribution is -2.29. The molecule has 1 aliphatic rings. The summed E-state index contributed by atoms with van der Waals surface area (Å²) in [6.07, 6.45) is 2.26. The van der Waals surface area contributed by atoms with Gasteiger partial charge in [-0.15, -0.1) is 0 Å². The van der Waals surface area contributed by atoms with E-state index in [2.05, 4.69) is 0 Å². The number of rotatable bonds is 6. The molecule has 1 aromatic carbocycles. The number of hydrogen-bond donors (Lipinski definition) is 0. The van der Waals surface area contributed by atoms with Crippen LogP contribution in [0.25, 0.3) is 0 Å². The molecule has 1 aliphatic carbocycles. The van der Waals surface area contributed by atoms with Gasteiger partial charge in [0.25, 0.3) is 0 Å². The number of ether oxygens (including phenoxy) is 1. The zero-order valence-electron chi connectivity index (χ0n) is 13.4. The van der Waals surface area contributed by atoms with Gasteiger partial charge in [0.05, 0.1) is 18.2 Å². The summed E-state index contributed by atoms with van der Waals surface area (Å²) in [4.78, 5) is 24.8. The summed E-state index contributed by atoms with van der Waals surface area (Å²) in [7, 11) is -2.39. The topological polar surface area (TPSA) is 101 Å². The number of benzene rings is 1. The maximum absolute atomic E-state index is 12.6. The van der Waals surface area contributed by atoms with Crippen molar-refractivity contribution in [3.05, 3.63) is 22.7 Å². The van der Waals surface area contributed by atoms with Crippen LogP contribution in [0.5, 0.6) is 5.75 Å². The first kappa shape index (κ1) is 18.4. The van der Waals surface area contributed by atoms with E-state index in [-0.39, 0.29) is 21.2 Å². The second-order valence-electron chi connectivity index (χ2n) is 6.08. The van der Waals surface area contributed by atoms with Gasteiger partial charge >= 0.3 is 0 Å². The Balaban J connectivity index is 2.51. The van der Waals surface area contributed by atoms with Crippen LogP contribution in [-0.4, -0.2) is 33.3 Å². The number of sulfone groups is 1. The molecule has 2 rings (SSSR count). The zero-order valence-corrected chi connectivity index (χ0v) is 15.0. The maximum Gasteiger partial charge on any atom is 0.189 e. The van der Waals surface area contributed by atoms with Crippen LogP contribution in [0.4, 0.5) is 0 Å². The number of Topliss-reactive ketones (excluding diaryl/α,β-unsaturated/α-hetero) is 2. The van der Waals surface area contributed by atoms with E-state index < -0.39 is 32.7 Å². The fraction of sp³-hybridized carbons (Fsp3) is 0.438. The molecule has 128 valence electrons. The van der Waals surface area contributed by atoms with Crippen LogP contribution in [0.2, 0.25) is 5.02 Å². The second-order valence-corrected chi connectivity index (χ2v) is 8.44. The Labute approximate surface area is 145 Å². The van der Waals surface area contributed by atoms with Crippen LogP contribution in [0.3, 0.4) is 0 Å². The average Bonchev–Trinajstić information content (AvgIpc) is 3.25. The van der Waals surface area contributed by atoms with Crippen molar-refractivity contribution in [1.29, 1.82) is 5.26 Å². The molecule has 1 unspecified atom stereocenters. The number of methoxy groups -OCH3 is 1. The van der Waals surface area contributed by atoms with Crippen molar-refractivity contribution in [2.45, 2.75) is 24.7 Å². The summed E-state index contributed by atoms with van der Waals surface area (Å²) >= 11 is 6.12. The molecular weight excluding hydrogens is 354 g/mol. The smallest absolute Gasteiger partial charge is 0.189 e. The van der Waals surface area contributed by atoms with Crippen molar-refractivity contribution in [3.8, 4) is 11.8 Å². The van der Waals surface area contributed by atoms with Crippen molar-refractivity contribution in [3.63, 3.8) is 0 Å². The van der Waals surface area contributed by atoms with Gasteiger partial charge in [0.15, 0.2) is 33.1 Å². The van der Waals surface area contributed by atoms with E-state index in [0.717, 1.165) is 6.26 Å². The molecule has 1 aromatic rings. The molecule has 6 nitrogen and oxygen atoms in total. The number of ketones is 2. The molecule has 8 heteroatoms. The Morgan fingerprint density at radius 3 is 2.38 bits per heavy atom. The van der Waals surface area contributed by atoms with Gasteiger partial charge in [0.1, 0.15) is 4.90 Å². The highest BCUT2D eigenvalue weighted by molar-refractivity contribution is 7.90. The Hall–Kier alpha value is -1.91. The van der Waals surface area contributed by atoms with Gasteiger partial charge in [0.2, 0.25) is 0 Å². The van der Waals surface area contributed by atoms with Crippen LogP contribution < -0.4 is 4.74 Å². The largest absolute Gasteiger partial charge is 0.494 e. The van der Waals surface area contributed by atoms with Gasteiger partial charge in [-0.05, 0) is 25.0 Å². The summed E-state index contributed by atoms with van der Waals surface area (Å²) in [6, 6.07) is 4.13. The summed E-state index contributed by atoms with van der Waals surface area (Å²) in [5, 5.41) is 9.04. The summed E-state index contributed by atoms with van der Waals surface area (Å²) in [5.74, 6) is -2.83. The molecule has 0 saturated heterocycles. The number of carbonyl (C=O) groups excluding carboxylic acids is 2. The Kier molecular flexibility index (Phi) is 4.75. The first-order valence-electron chi connectivity index (χ1n) is 7.11. The quantitative estimate of drug-likeness (QED) is 0.563. The second kappa shape index (κ2) is 6.19.